The fourth-order valence-electron chi connectivity index (χ4n) is 1.76. The first-order chi connectivity index (χ1) is 7.66. The molecule has 1 aromatic rings. The van der Waals surface area contributed by atoms with E-state index in [4.69, 9.17) is 5.11 Å². The molecule has 0 aliphatic rings. The number of nitrogens with zero attached hydrogens (tertiary/aromatic N) is 1. The number of benzene rings is 1. The van der Waals surface area contributed by atoms with E-state index in [-0.39, 0.29) is 10.5 Å². The van der Waals surface area contributed by atoms with E-state index >= 15 is 0 Å². The molecule has 1 rings (SSSR count). The largest absolute Gasteiger partial charge is 0.478 e. The zero-order chi connectivity index (χ0) is 13.4. The predicted molar refractivity (Wildman–Crippen MR) is 65.6 cm³/mol. The predicted octanol–water partition coefficient (Wildman–Crippen LogP) is 1.16. The smallest absolute Gasteiger partial charge is 0.336 e. The highest BCUT2D eigenvalue weighted by molar-refractivity contribution is 7.90. The molecule has 0 aromatic heterocycles. The van der Waals surface area contributed by atoms with Crippen molar-refractivity contribution in [2.45, 2.75) is 11.8 Å². The number of carbonyl (C=O) groups is 1. The Morgan fingerprint density at radius 1 is 1.29 bits per heavy atom. The maximum atomic E-state index is 11.6. The highest BCUT2D eigenvalue weighted by atomic mass is 32.2. The first-order valence-corrected chi connectivity index (χ1v) is 6.79. The van der Waals surface area contributed by atoms with Crippen molar-refractivity contribution in [2.75, 3.05) is 25.3 Å². The summed E-state index contributed by atoms with van der Waals surface area (Å²) >= 11 is 0. The van der Waals surface area contributed by atoms with Crippen LogP contribution in [0.4, 0.5) is 5.69 Å². The third-order valence-corrected chi connectivity index (χ3v) is 3.60. The number of anilines is 1. The Kier molecular flexibility index (Phi) is 3.47. The minimum atomic E-state index is -3.38. The van der Waals surface area contributed by atoms with E-state index < -0.39 is 15.8 Å². The fourth-order valence-corrected chi connectivity index (χ4v) is 2.76. The first kappa shape index (κ1) is 13.5. The Morgan fingerprint density at radius 2 is 1.82 bits per heavy atom. The molecule has 0 saturated carbocycles. The summed E-state index contributed by atoms with van der Waals surface area (Å²) in [5.41, 5.74) is 0.985. The normalized spacial score (nSPS) is 11.3. The molecule has 94 valence electrons. The lowest BCUT2D eigenvalue weighted by Crippen LogP contribution is -2.17. The lowest BCUT2D eigenvalue weighted by molar-refractivity contribution is 0.0696. The molecule has 0 amide bonds. The molecular weight excluding hydrogens is 242 g/mol. The molecule has 0 heterocycles. The van der Waals surface area contributed by atoms with Crippen molar-refractivity contribution in [1.29, 1.82) is 0 Å². The lowest BCUT2D eigenvalue weighted by Gasteiger charge is -2.20. The van der Waals surface area contributed by atoms with Gasteiger partial charge in [0, 0.05) is 20.4 Å². The van der Waals surface area contributed by atoms with Crippen LogP contribution in [0.2, 0.25) is 0 Å². The van der Waals surface area contributed by atoms with Gasteiger partial charge in [0.2, 0.25) is 0 Å². The molecule has 0 aliphatic heterocycles. The van der Waals surface area contributed by atoms with Gasteiger partial charge in [-0.25, -0.2) is 13.2 Å². The second-order valence-corrected chi connectivity index (χ2v) is 6.04. The van der Waals surface area contributed by atoms with Crippen molar-refractivity contribution in [3.05, 3.63) is 23.3 Å². The third-order valence-electron chi connectivity index (χ3n) is 2.47. The summed E-state index contributed by atoms with van der Waals surface area (Å²) in [5.74, 6) is -1.06. The van der Waals surface area contributed by atoms with Gasteiger partial charge < -0.3 is 10.0 Å². The Hall–Kier alpha value is -1.56. The first-order valence-electron chi connectivity index (χ1n) is 4.90. The molecule has 17 heavy (non-hydrogen) atoms. The van der Waals surface area contributed by atoms with E-state index in [0.717, 1.165) is 6.26 Å². The van der Waals surface area contributed by atoms with Crippen LogP contribution in [-0.4, -0.2) is 39.8 Å². The van der Waals surface area contributed by atoms with Gasteiger partial charge in [0.05, 0.1) is 16.1 Å². The summed E-state index contributed by atoms with van der Waals surface area (Å²) in [7, 11) is -0.0117. The van der Waals surface area contributed by atoms with Gasteiger partial charge in [-0.3, -0.25) is 0 Å². The SMILES string of the molecule is Cc1c(C(=O)O)ccc(S(C)(=O)=O)c1N(C)C. The Morgan fingerprint density at radius 3 is 2.18 bits per heavy atom. The average Bonchev–Trinajstić information content (AvgIpc) is 2.14. The summed E-state index contributed by atoms with van der Waals surface area (Å²) in [6.07, 6.45) is 1.11. The van der Waals surface area contributed by atoms with Crippen LogP contribution in [0.1, 0.15) is 15.9 Å². The number of carboxylic acid groups (broad SMARTS) is 1. The van der Waals surface area contributed by atoms with Gasteiger partial charge >= 0.3 is 5.97 Å². The second kappa shape index (κ2) is 4.37. The summed E-state index contributed by atoms with van der Waals surface area (Å²) in [6, 6.07) is 2.65. The van der Waals surface area contributed by atoms with Crippen LogP contribution in [0, 0.1) is 6.92 Å². The number of hydrogen-bond acceptors (Lipinski definition) is 4. The van der Waals surface area contributed by atoms with E-state index in [9.17, 15) is 13.2 Å². The van der Waals surface area contributed by atoms with Crippen molar-refractivity contribution in [1.82, 2.24) is 0 Å². The molecule has 6 heteroatoms. The maximum Gasteiger partial charge on any atom is 0.336 e. The Bertz CT molecular complexity index is 561. The minimum Gasteiger partial charge on any atom is -0.478 e. The highest BCUT2D eigenvalue weighted by Crippen LogP contribution is 2.30. The van der Waals surface area contributed by atoms with E-state index in [1.54, 1.807) is 25.9 Å². The van der Waals surface area contributed by atoms with Gasteiger partial charge in [-0.15, -0.1) is 0 Å². The molecule has 0 spiro atoms. The van der Waals surface area contributed by atoms with Crippen LogP contribution in [0.3, 0.4) is 0 Å². The average molecular weight is 257 g/mol. The number of rotatable bonds is 3. The lowest BCUT2D eigenvalue weighted by atomic mass is 10.1. The van der Waals surface area contributed by atoms with Gasteiger partial charge in [0.25, 0.3) is 0 Å². The standard InChI is InChI=1S/C11H15NO4S/c1-7-8(11(13)14)5-6-9(17(4,15)16)10(7)12(2)3/h5-6H,1-4H3,(H,13,14). The molecule has 0 fully saturated rings. The van der Waals surface area contributed by atoms with Crippen molar-refractivity contribution in [3.8, 4) is 0 Å². The van der Waals surface area contributed by atoms with Crippen LogP contribution in [-0.2, 0) is 9.84 Å². The third kappa shape index (κ3) is 2.58. The topological polar surface area (TPSA) is 74.7 Å². The molecule has 1 aromatic carbocycles. The van der Waals surface area contributed by atoms with E-state index in [2.05, 4.69) is 0 Å². The quantitative estimate of drug-likeness (QED) is 0.879. The summed E-state index contributed by atoms with van der Waals surface area (Å²) in [4.78, 5) is 12.7. The number of sulfone groups is 1. The second-order valence-electron chi connectivity index (χ2n) is 4.06. The van der Waals surface area contributed by atoms with Gasteiger partial charge in [-0.05, 0) is 24.6 Å². The molecular formula is C11H15NO4S. The monoisotopic (exact) mass is 257 g/mol. The van der Waals surface area contributed by atoms with Crippen molar-refractivity contribution >= 4 is 21.5 Å². The van der Waals surface area contributed by atoms with Crippen LogP contribution in [0.25, 0.3) is 0 Å². The molecule has 1 N–H and O–H groups in total. The van der Waals surface area contributed by atoms with Gasteiger partial charge in [0.15, 0.2) is 9.84 Å². The van der Waals surface area contributed by atoms with Crippen LogP contribution < -0.4 is 4.90 Å². The number of carboxylic acids is 1. The molecule has 0 bridgehead atoms. The number of aromatic carboxylic acids is 1. The molecule has 0 unspecified atom stereocenters. The number of hydrogen-bond donors (Lipinski definition) is 1. The Labute approximate surface area is 101 Å². The van der Waals surface area contributed by atoms with E-state index in [1.165, 1.54) is 12.1 Å². The van der Waals surface area contributed by atoms with Crippen molar-refractivity contribution < 1.29 is 18.3 Å². The molecule has 0 saturated heterocycles. The van der Waals surface area contributed by atoms with Gasteiger partial charge in [-0.2, -0.15) is 0 Å². The molecule has 0 aliphatic carbocycles. The van der Waals surface area contributed by atoms with Crippen molar-refractivity contribution in [2.24, 2.45) is 0 Å². The minimum absolute atomic E-state index is 0.112. The summed E-state index contributed by atoms with van der Waals surface area (Å²) in [6.45, 7) is 1.60. The van der Waals surface area contributed by atoms with E-state index in [1.807, 2.05) is 0 Å². The Balaban J connectivity index is 3.69. The van der Waals surface area contributed by atoms with E-state index in [0.29, 0.717) is 11.3 Å². The zero-order valence-corrected chi connectivity index (χ0v) is 11.0. The summed E-state index contributed by atoms with van der Waals surface area (Å²) < 4.78 is 23.2. The zero-order valence-electron chi connectivity index (χ0n) is 10.2. The van der Waals surface area contributed by atoms with Crippen LogP contribution in [0.5, 0.6) is 0 Å². The fraction of sp³-hybridized carbons (Fsp3) is 0.364. The summed E-state index contributed by atoms with van der Waals surface area (Å²) in [5, 5.41) is 9.00. The van der Waals surface area contributed by atoms with Gasteiger partial charge in [-0.1, -0.05) is 0 Å². The highest BCUT2D eigenvalue weighted by Gasteiger charge is 2.21. The molecule has 0 radical (unpaired) electrons. The van der Waals surface area contributed by atoms with Crippen LogP contribution >= 0.6 is 0 Å². The van der Waals surface area contributed by atoms with Crippen molar-refractivity contribution in [3.63, 3.8) is 0 Å². The molecule has 5 nitrogen and oxygen atoms in total. The molecule has 0 atom stereocenters. The van der Waals surface area contributed by atoms with Gasteiger partial charge in [0.1, 0.15) is 0 Å². The van der Waals surface area contributed by atoms with Crippen LogP contribution in [0.15, 0.2) is 17.0 Å². The maximum absolute atomic E-state index is 11.6.